The number of rotatable bonds is 1. The van der Waals surface area contributed by atoms with Crippen LogP contribution < -0.4 is 10.6 Å². The molecule has 2 N–H and O–H groups in total. The molecule has 1 aliphatic heterocycles. The van der Waals surface area contributed by atoms with Gasteiger partial charge in [0.1, 0.15) is 5.69 Å². The predicted molar refractivity (Wildman–Crippen MR) is 87.0 cm³/mol. The molecular weight excluding hydrogens is 314 g/mol. The number of imidazole rings is 1. The highest BCUT2D eigenvalue weighted by atomic mass is 32.1. The number of hydrogen-bond donors (Lipinski definition) is 2. The van der Waals surface area contributed by atoms with E-state index in [1.165, 1.54) is 13.0 Å². The summed E-state index contributed by atoms with van der Waals surface area (Å²) in [4.78, 5) is 30.4. The molecule has 2 aromatic rings. The van der Waals surface area contributed by atoms with E-state index in [0.717, 1.165) is 15.3 Å². The van der Waals surface area contributed by atoms with Gasteiger partial charge in [0.15, 0.2) is 4.77 Å². The molecule has 2 heterocycles. The van der Waals surface area contributed by atoms with Crippen molar-refractivity contribution in [1.29, 1.82) is 0 Å². The SMILES string of the molecule is CC(=O)n1c(/C=C2\C=c3ccc(C)cc3=NC2=O)c(O)[nH]c1=S. The molecular formula is C16H13N3O3S. The third-order valence-electron chi connectivity index (χ3n) is 3.48. The van der Waals surface area contributed by atoms with Crippen molar-refractivity contribution in [3.8, 4) is 5.88 Å². The van der Waals surface area contributed by atoms with Gasteiger partial charge < -0.3 is 10.1 Å². The molecule has 1 aliphatic rings. The first-order chi connectivity index (χ1) is 10.9. The molecule has 3 rings (SSSR count). The molecule has 0 spiro atoms. The molecule has 0 aliphatic carbocycles. The largest absolute Gasteiger partial charge is 0.493 e. The van der Waals surface area contributed by atoms with E-state index in [9.17, 15) is 14.7 Å². The van der Waals surface area contributed by atoms with Crippen molar-refractivity contribution in [2.24, 2.45) is 4.99 Å². The van der Waals surface area contributed by atoms with Crippen LogP contribution in [-0.4, -0.2) is 26.5 Å². The first-order valence-corrected chi connectivity index (χ1v) is 7.25. The second-order valence-electron chi connectivity index (χ2n) is 5.24. The van der Waals surface area contributed by atoms with Crippen molar-refractivity contribution in [1.82, 2.24) is 9.55 Å². The molecule has 0 saturated heterocycles. The van der Waals surface area contributed by atoms with Crippen LogP contribution in [0, 0.1) is 11.7 Å². The summed E-state index contributed by atoms with van der Waals surface area (Å²) in [6.07, 6.45) is 3.07. The number of benzene rings is 1. The third kappa shape index (κ3) is 2.66. The molecule has 7 heteroatoms. The summed E-state index contributed by atoms with van der Waals surface area (Å²) in [6, 6.07) is 5.61. The van der Waals surface area contributed by atoms with Crippen LogP contribution in [0.4, 0.5) is 0 Å². The van der Waals surface area contributed by atoms with Crippen LogP contribution in [0.15, 0.2) is 28.8 Å². The van der Waals surface area contributed by atoms with Crippen LogP contribution in [0.2, 0.25) is 0 Å². The Morgan fingerprint density at radius 2 is 2.17 bits per heavy atom. The van der Waals surface area contributed by atoms with Crippen molar-refractivity contribution in [3.63, 3.8) is 0 Å². The van der Waals surface area contributed by atoms with Crippen LogP contribution in [0.3, 0.4) is 0 Å². The van der Waals surface area contributed by atoms with Gasteiger partial charge in [-0.1, -0.05) is 12.1 Å². The summed E-state index contributed by atoms with van der Waals surface area (Å²) in [5.41, 5.74) is 1.41. The van der Waals surface area contributed by atoms with Crippen molar-refractivity contribution >= 4 is 36.2 Å². The first kappa shape index (κ1) is 15.1. The number of aromatic hydroxyl groups is 1. The van der Waals surface area contributed by atoms with E-state index in [0.29, 0.717) is 5.36 Å². The number of H-pyrrole nitrogens is 1. The van der Waals surface area contributed by atoms with Gasteiger partial charge in [-0.05, 0) is 42.9 Å². The minimum atomic E-state index is -0.440. The minimum absolute atomic E-state index is 0.0677. The Morgan fingerprint density at radius 1 is 1.43 bits per heavy atom. The van der Waals surface area contributed by atoms with E-state index >= 15 is 0 Å². The van der Waals surface area contributed by atoms with Gasteiger partial charge in [0.25, 0.3) is 5.91 Å². The molecule has 0 saturated carbocycles. The molecule has 0 fully saturated rings. The van der Waals surface area contributed by atoms with Gasteiger partial charge in [0.2, 0.25) is 11.8 Å². The lowest BCUT2D eigenvalue weighted by atomic mass is 10.1. The Morgan fingerprint density at radius 3 is 2.87 bits per heavy atom. The average Bonchev–Trinajstić information content (AvgIpc) is 2.74. The summed E-state index contributed by atoms with van der Waals surface area (Å²) < 4.78 is 1.20. The number of fused-ring (bicyclic) bond motifs is 1. The summed E-state index contributed by atoms with van der Waals surface area (Å²) in [7, 11) is 0. The number of carbonyl (C=O) groups excluding carboxylic acids is 2. The summed E-state index contributed by atoms with van der Waals surface area (Å²) in [6.45, 7) is 3.24. The van der Waals surface area contributed by atoms with E-state index in [-0.39, 0.29) is 27.8 Å². The van der Waals surface area contributed by atoms with Crippen molar-refractivity contribution < 1.29 is 14.7 Å². The molecule has 1 aromatic carbocycles. The van der Waals surface area contributed by atoms with E-state index in [1.807, 2.05) is 25.1 Å². The van der Waals surface area contributed by atoms with E-state index in [1.54, 1.807) is 6.08 Å². The Labute approximate surface area is 136 Å². The number of amides is 1. The number of nitrogens with zero attached hydrogens (tertiary/aromatic N) is 2. The zero-order valence-corrected chi connectivity index (χ0v) is 13.3. The van der Waals surface area contributed by atoms with E-state index in [2.05, 4.69) is 9.98 Å². The molecule has 1 amide bonds. The average molecular weight is 327 g/mol. The number of aryl methyl sites for hydroxylation is 1. The smallest absolute Gasteiger partial charge is 0.277 e. The summed E-state index contributed by atoms with van der Waals surface area (Å²) in [5.74, 6) is -1.08. The van der Waals surface area contributed by atoms with Gasteiger partial charge >= 0.3 is 0 Å². The van der Waals surface area contributed by atoms with Crippen molar-refractivity contribution in [3.05, 3.63) is 50.4 Å². The predicted octanol–water partition coefficient (Wildman–Crippen LogP) is 1.24. The molecule has 23 heavy (non-hydrogen) atoms. The van der Waals surface area contributed by atoms with E-state index < -0.39 is 5.91 Å². The maximum atomic E-state index is 12.2. The van der Waals surface area contributed by atoms with Gasteiger partial charge in [0.05, 0.1) is 5.36 Å². The van der Waals surface area contributed by atoms with E-state index in [4.69, 9.17) is 12.2 Å². The second-order valence-corrected chi connectivity index (χ2v) is 5.63. The lowest BCUT2D eigenvalue weighted by molar-refractivity contribution is -0.114. The van der Waals surface area contributed by atoms with Crippen molar-refractivity contribution in [2.45, 2.75) is 13.8 Å². The normalized spacial score (nSPS) is 15.0. The summed E-state index contributed by atoms with van der Waals surface area (Å²) in [5, 5.41) is 11.3. The molecule has 0 unspecified atom stereocenters. The van der Waals surface area contributed by atoms with Crippen LogP contribution in [0.1, 0.15) is 23.0 Å². The molecule has 6 nitrogen and oxygen atoms in total. The highest BCUT2D eigenvalue weighted by Gasteiger charge is 2.16. The molecule has 0 radical (unpaired) electrons. The molecule has 116 valence electrons. The van der Waals surface area contributed by atoms with Gasteiger partial charge in [-0.25, -0.2) is 4.99 Å². The summed E-state index contributed by atoms with van der Waals surface area (Å²) >= 11 is 4.99. The Kier molecular flexibility index (Phi) is 3.57. The fraction of sp³-hybridized carbons (Fsp3) is 0.125. The van der Waals surface area contributed by atoms with Crippen molar-refractivity contribution in [2.75, 3.05) is 0 Å². The monoisotopic (exact) mass is 327 g/mol. The maximum absolute atomic E-state index is 12.2. The fourth-order valence-corrected chi connectivity index (χ4v) is 2.73. The highest BCUT2D eigenvalue weighted by molar-refractivity contribution is 7.71. The molecule has 0 bridgehead atoms. The Balaban J connectivity index is 2.22. The standard InChI is InChI=1S/C16H13N3O3S/c1-8-3-4-10-6-11(14(21)17-12(10)5-8)7-13-15(22)18-16(23)19(13)9(2)20/h3-7,22H,1-2H3,(H,18,23)/b11-7+. The van der Waals surface area contributed by atoms with Crippen LogP contribution >= 0.6 is 12.2 Å². The Bertz CT molecular complexity index is 1060. The topological polar surface area (TPSA) is 87.4 Å². The number of aromatic nitrogens is 2. The zero-order chi connectivity index (χ0) is 16.7. The third-order valence-corrected chi connectivity index (χ3v) is 3.77. The number of carbonyl (C=O) groups is 2. The van der Waals surface area contributed by atoms with Gasteiger partial charge in [-0.2, -0.15) is 0 Å². The lowest BCUT2D eigenvalue weighted by Gasteiger charge is -2.05. The van der Waals surface area contributed by atoms with Crippen LogP contribution in [-0.2, 0) is 4.79 Å². The van der Waals surface area contributed by atoms with Gasteiger partial charge in [0, 0.05) is 17.7 Å². The fourth-order valence-electron chi connectivity index (χ4n) is 2.41. The van der Waals surface area contributed by atoms with Crippen LogP contribution in [0.25, 0.3) is 12.2 Å². The number of hydrogen-bond acceptors (Lipinski definition) is 4. The van der Waals surface area contributed by atoms with Gasteiger partial charge in [-0.3, -0.25) is 14.2 Å². The first-order valence-electron chi connectivity index (χ1n) is 6.85. The molecule has 1 aromatic heterocycles. The number of nitrogens with one attached hydrogen (secondary N) is 1. The quantitative estimate of drug-likeness (QED) is 0.609. The number of aromatic amines is 1. The van der Waals surface area contributed by atoms with Gasteiger partial charge in [-0.15, -0.1) is 0 Å². The maximum Gasteiger partial charge on any atom is 0.277 e. The highest BCUT2D eigenvalue weighted by Crippen LogP contribution is 2.20. The second kappa shape index (κ2) is 5.44. The molecule has 0 atom stereocenters. The van der Waals surface area contributed by atoms with Crippen LogP contribution in [0.5, 0.6) is 5.88 Å². The minimum Gasteiger partial charge on any atom is -0.493 e. The Hall–Kier alpha value is -2.80. The lowest BCUT2D eigenvalue weighted by Crippen LogP contribution is -2.30. The zero-order valence-electron chi connectivity index (χ0n) is 12.5.